The molecule has 3 heterocycles. The van der Waals surface area contributed by atoms with Crippen LogP contribution in [0.2, 0.25) is 0 Å². The van der Waals surface area contributed by atoms with Crippen LogP contribution in [0.3, 0.4) is 0 Å². The number of rotatable bonds is 4. The number of amides is 1. The number of nitrogens with zero attached hydrogens (tertiary/aromatic N) is 4. The summed E-state index contributed by atoms with van der Waals surface area (Å²) in [7, 11) is 0. The highest BCUT2D eigenvalue weighted by atomic mass is 16.5. The maximum Gasteiger partial charge on any atom is 0.234 e. The summed E-state index contributed by atoms with van der Waals surface area (Å²) in [5.74, 6) is 1.45. The molecule has 0 unspecified atom stereocenters. The van der Waals surface area contributed by atoms with Crippen molar-refractivity contribution in [3.8, 4) is 5.75 Å². The summed E-state index contributed by atoms with van der Waals surface area (Å²) in [6.45, 7) is 2.13. The minimum Gasteiger partial charge on any atom is -0.482 e. The molecule has 0 radical (unpaired) electrons. The Morgan fingerprint density at radius 2 is 2.31 bits per heavy atom. The van der Waals surface area contributed by atoms with Crippen LogP contribution in [0, 0.1) is 0 Å². The Kier molecular flexibility index (Phi) is 5.47. The van der Waals surface area contributed by atoms with Gasteiger partial charge in [0.25, 0.3) is 0 Å². The lowest BCUT2D eigenvalue weighted by atomic mass is 10.1. The molecule has 2 aromatic rings. The molecule has 1 aliphatic rings. The smallest absolute Gasteiger partial charge is 0.234 e. The zero-order chi connectivity index (χ0) is 18.5. The Morgan fingerprint density at radius 3 is 3.04 bits per heavy atom. The maximum absolute atomic E-state index is 11.9. The van der Waals surface area contributed by atoms with E-state index in [1.165, 1.54) is 18.0 Å². The summed E-state index contributed by atoms with van der Waals surface area (Å²) < 4.78 is 5.79. The van der Waals surface area contributed by atoms with Crippen LogP contribution in [0.5, 0.6) is 5.75 Å². The van der Waals surface area contributed by atoms with Gasteiger partial charge in [0.1, 0.15) is 12.4 Å². The second-order valence-corrected chi connectivity index (χ2v) is 6.06. The van der Waals surface area contributed by atoms with Crippen molar-refractivity contribution in [1.29, 1.82) is 0 Å². The summed E-state index contributed by atoms with van der Waals surface area (Å²) in [5.41, 5.74) is 6.35. The number of hydrogen-bond donors (Lipinski definition) is 3. The Morgan fingerprint density at radius 1 is 1.46 bits per heavy atom. The van der Waals surface area contributed by atoms with Crippen molar-refractivity contribution in [2.24, 2.45) is 0 Å². The summed E-state index contributed by atoms with van der Waals surface area (Å²) in [5, 5.41) is 12.8. The van der Waals surface area contributed by atoms with Crippen molar-refractivity contribution in [1.82, 2.24) is 15.0 Å². The van der Waals surface area contributed by atoms with Crippen LogP contribution in [0.1, 0.15) is 25.5 Å². The monoisotopic (exact) mass is 358 g/mol. The molecule has 1 aliphatic heterocycles. The van der Waals surface area contributed by atoms with Gasteiger partial charge in [-0.2, -0.15) is 4.98 Å². The number of anilines is 3. The Labute approximate surface area is 151 Å². The lowest BCUT2D eigenvalue weighted by Gasteiger charge is -2.19. The fourth-order valence-electron chi connectivity index (χ4n) is 2.73. The molecule has 26 heavy (non-hydrogen) atoms. The van der Waals surface area contributed by atoms with Gasteiger partial charge in [-0.15, -0.1) is 0 Å². The van der Waals surface area contributed by atoms with Gasteiger partial charge in [0.05, 0.1) is 24.5 Å². The molecule has 4 N–H and O–H groups in total. The summed E-state index contributed by atoms with van der Waals surface area (Å²) in [6.07, 6.45) is 2.94. The van der Waals surface area contributed by atoms with Crippen LogP contribution in [-0.4, -0.2) is 45.2 Å². The Bertz CT molecular complexity index is 785. The molecule has 0 spiro atoms. The summed E-state index contributed by atoms with van der Waals surface area (Å²) in [6, 6.07) is 5.12. The number of carbonyl (C=O) groups is 1. The number of aromatic nitrogens is 3. The molecule has 0 saturated heterocycles. The zero-order valence-electron chi connectivity index (χ0n) is 14.6. The molecule has 9 heteroatoms. The Hall–Kier alpha value is -2.94. The third-order valence-corrected chi connectivity index (χ3v) is 4.06. The zero-order valence-corrected chi connectivity index (χ0v) is 14.6. The largest absolute Gasteiger partial charge is 0.482 e. The van der Waals surface area contributed by atoms with E-state index in [2.05, 4.69) is 20.3 Å². The molecule has 1 amide bonds. The van der Waals surface area contributed by atoms with Gasteiger partial charge in [-0.25, -0.2) is 9.97 Å². The number of nitrogens with one attached hydrogen (secondary N) is 1. The molecule has 0 aromatic carbocycles. The summed E-state index contributed by atoms with van der Waals surface area (Å²) >= 11 is 0. The van der Waals surface area contributed by atoms with Gasteiger partial charge >= 0.3 is 0 Å². The van der Waals surface area contributed by atoms with E-state index in [-0.39, 0.29) is 25.2 Å². The van der Waals surface area contributed by atoms with Gasteiger partial charge < -0.3 is 20.9 Å². The molecule has 0 fully saturated rings. The first-order valence-corrected chi connectivity index (χ1v) is 8.43. The number of ether oxygens (including phenoxy) is 1. The number of carbonyl (C=O) groups excluding carboxylic acids is 1. The molecule has 1 atom stereocenters. The van der Waals surface area contributed by atoms with Crippen LogP contribution in [0.4, 0.5) is 17.6 Å². The second kappa shape index (κ2) is 7.96. The first kappa shape index (κ1) is 17.9. The third kappa shape index (κ3) is 4.17. The van der Waals surface area contributed by atoms with Gasteiger partial charge in [-0.05, 0) is 25.0 Å². The second-order valence-electron chi connectivity index (χ2n) is 6.06. The van der Waals surface area contributed by atoms with Crippen molar-refractivity contribution >= 4 is 23.5 Å². The van der Waals surface area contributed by atoms with Gasteiger partial charge in [0.15, 0.2) is 11.6 Å². The predicted molar refractivity (Wildman–Crippen MR) is 96.8 cm³/mol. The molecule has 138 valence electrons. The predicted octanol–water partition coefficient (Wildman–Crippen LogP) is 0.952. The summed E-state index contributed by atoms with van der Waals surface area (Å²) in [4.78, 5) is 26.3. The highest BCUT2D eigenvalue weighted by Crippen LogP contribution is 2.27. The van der Waals surface area contributed by atoms with E-state index in [0.717, 1.165) is 6.42 Å². The van der Waals surface area contributed by atoms with E-state index >= 15 is 0 Å². The molecule has 2 aromatic heterocycles. The normalized spacial score (nSPS) is 16.8. The maximum atomic E-state index is 11.9. The highest BCUT2D eigenvalue weighted by Gasteiger charge is 2.22. The minimum atomic E-state index is -0.183. The van der Waals surface area contributed by atoms with Crippen LogP contribution < -0.4 is 20.7 Å². The van der Waals surface area contributed by atoms with E-state index in [0.29, 0.717) is 42.0 Å². The molecule has 0 aliphatic carbocycles. The molecule has 2 bridgehead atoms. The molecular formula is C17H22N6O3. The average molecular weight is 358 g/mol. The highest BCUT2D eigenvalue weighted by molar-refractivity contribution is 5.89. The topological polar surface area (TPSA) is 126 Å². The van der Waals surface area contributed by atoms with Gasteiger partial charge in [-0.1, -0.05) is 6.07 Å². The van der Waals surface area contributed by atoms with E-state index < -0.39 is 0 Å². The quantitative estimate of drug-likeness (QED) is 0.737. The lowest BCUT2D eigenvalue weighted by Crippen LogP contribution is -2.31. The van der Waals surface area contributed by atoms with Crippen molar-refractivity contribution in [3.05, 3.63) is 30.1 Å². The van der Waals surface area contributed by atoms with E-state index in [1.54, 1.807) is 18.2 Å². The van der Waals surface area contributed by atoms with Crippen molar-refractivity contribution in [2.75, 3.05) is 29.1 Å². The van der Waals surface area contributed by atoms with Crippen LogP contribution in [0.15, 0.2) is 24.4 Å². The molecular weight excluding hydrogens is 336 g/mol. The SMILES string of the molecule is CC(=O)N1CCC[C@@H](CO)Nc2nc1ncc2OCc1cccc(N)n1. The fourth-order valence-corrected chi connectivity index (χ4v) is 2.73. The lowest BCUT2D eigenvalue weighted by molar-refractivity contribution is -0.116. The number of nitrogens with two attached hydrogens (primary N) is 1. The van der Waals surface area contributed by atoms with Crippen LogP contribution in [0.25, 0.3) is 0 Å². The van der Waals surface area contributed by atoms with E-state index in [4.69, 9.17) is 10.5 Å². The van der Waals surface area contributed by atoms with Crippen molar-refractivity contribution < 1.29 is 14.6 Å². The number of pyridine rings is 1. The van der Waals surface area contributed by atoms with Gasteiger partial charge in [0.2, 0.25) is 11.9 Å². The minimum absolute atomic E-state index is 0.0460. The molecule has 3 rings (SSSR count). The van der Waals surface area contributed by atoms with Gasteiger partial charge in [-0.3, -0.25) is 9.69 Å². The van der Waals surface area contributed by atoms with Crippen LogP contribution in [-0.2, 0) is 11.4 Å². The third-order valence-electron chi connectivity index (χ3n) is 4.06. The molecule has 9 nitrogen and oxygen atoms in total. The number of aliphatic hydroxyl groups excluding tert-OH is 1. The number of nitrogen functional groups attached to an aromatic ring is 1. The first-order chi connectivity index (χ1) is 12.6. The molecule has 0 saturated carbocycles. The van der Waals surface area contributed by atoms with E-state index in [9.17, 15) is 9.90 Å². The number of hydrogen-bond acceptors (Lipinski definition) is 8. The Balaban J connectivity index is 1.86. The first-order valence-electron chi connectivity index (χ1n) is 8.43. The standard InChI is InChI=1S/C17H22N6O3/c1-11(25)23-7-3-5-12(9-24)21-16-14(8-19-17(23)22-16)26-10-13-4-2-6-15(18)20-13/h2,4,6,8,12,24H,3,5,7,9-10H2,1H3,(H2,18,20)(H,19,21,22)/t12-/m0/s1. The van der Waals surface area contributed by atoms with Crippen molar-refractivity contribution in [3.63, 3.8) is 0 Å². The number of fused-ring (bicyclic) bond motifs is 2. The van der Waals surface area contributed by atoms with Crippen LogP contribution >= 0.6 is 0 Å². The number of aliphatic hydroxyl groups is 1. The van der Waals surface area contributed by atoms with Gasteiger partial charge in [0, 0.05) is 13.5 Å². The van der Waals surface area contributed by atoms with E-state index in [1.807, 2.05) is 0 Å². The van der Waals surface area contributed by atoms with Crippen molar-refractivity contribution in [2.45, 2.75) is 32.4 Å². The average Bonchev–Trinajstić information content (AvgIpc) is 2.69. The fraction of sp³-hybridized carbons (Fsp3) is 0.412.